The minimum absolute atomic E-state index is 0.0298. The number of thioether (sulfide) groups is 1. The van der Waals surface area contributed by atoms with Gasteiger partial charge >= 0.3 is 6.03 Å². The predicted octanol–water partition coefficient (Wildman–Crippen LogP) is 1.77. The number of carbonyl (C=O) groups is 2. The fourth-order valence-electron chi connectivity index (χ4n) is 1.61. The molecule has 1 atom stereocenters. The number of halogens is 3. The highest BCUT2D eigenvalue weighted by Crippen LogP contribution is 2.36. The van der Waals surface area contributed by atoms with Crippen LogP contribution in [0.2, 0.25) is 0 Å². The van der Waals surface area contributed by atoms with Crippen molar-refractivity contribution in [3.05, 3.63) is 46.6 Å². The van der Waals surface area contributed by atoms with Gasteiger partial charge in [-0.3, -0.25) is 4.79 Å². The van der Waals surface area contributed by atoms with Crippen molar-refractivity contribution in [3.63, 3.8) is 0 Å². The van der Waals surface area contributed by atoms with Crippen molar-refractivity contribution in [2.24, 2.45) is 5.73 Å². The number of amides is 3. The van der Waals surface area contributed by atoms with E-state index in [0.717, 1.165) is 35.0 Å². The topological polar surface area (TPSA) is 75.4 Å². The summed E-state index contributed by atoms with van der Waals surface area (Å²) in [5.74, 6) is -5.01. The first kappa shape index (κ1) is 14.3. The minimum Gasteiger partial charge on any atom is -0.350 e. The van der Waals surface area contributed by atoms with Gasteiger partial charge < -0.3 is 5.73 Å². The number of carbonyl (C=O) groups excluding carboxylic acids is 2. The Labute approximate surface area is 115 Å². The lowest BCUT2D eigenvalue weighted by Crippen LogP contribution is -2.49. The molecule has 20 heavy (non-hydrogen) atoms. The Morgan fingerprint density at radius 2 is 1.90 bits per heavy atom. The van der Waals surface area contributed by atoms with Crippen LogP contribution in [-0.2, 0) is 4.79 Å². The van der Waals surface area contributed by atoms with Crippen molar-refractivity contribution in [2.75, 3.05) is 0 Å². The van der Waals surface area contributed by atoms with Gasteiger partial charge in [0.2, 0.25) is 0 Å². The van der Waals surface area contributed by atoms with Crippen LogP contribution < -0.4 is 11.2 Å². The number of hydrogen-bond acceptors (Lipinski definition) is 3. The minimum atomic E-state index is -1.61. The van der Waals surface area contributed by atoms with Crippen LogP contribution in [0, 0.1) is 17.5 Å². The zero-order valence-electron chi connectivity index (χ0n) is 9.77. The smallest absolute Gasteiger partial charge is 0.331 e. The van der Waals surface area contributed by atoms with Gasteiger partial charge in [-0.05, 0) is 23.1 Å². The number of primary amides is 1. The molecule has 1 aliphatic heterocycles. The SMILES string of the molecule is NC(=O)NN1C(=O)C=CSC1c1cc(F)c(F)c(F)c1. The third-order valence-corrected chi connectivity index (χ3v) is 3.45. The zero-order chi connectivity index (χ0) is 14.9. The van der Waals surface area contributed by atoms with Gasteiger partial charge in [0.1, 0.15) is 5.37 Å². The highest BCUT2D eigenvalue weighted by atomic mass is 32.2. The summed E-state index contributed by atoms with van der Waals surface area (Å²) >= 11 is 0.992. The quantitative estimate of drug-likeness (QED) is 0.818. The fraction of sp³-hybridized carbons (Fsp3) is 0.0909. The highest BCUT2D eigenvalue weighted by Gasteiger charge is 2.29. The summed E-state index contributed by atoms with van der Waals surface area (Å²) in [5, 5.41) is 1.24. The second-order valence-electron chi connectivity index (χ2n) is 3.77. The summed E-state index contributed by atoms with van der Waals surface area (Å²) in [6.07, 6.45) is 1.15. The van der Waals surface area contributed by atoms with Crippen LogP contribution in [0.15, 0.2) is 23.6 Å². The molecule has 0 radical (unpaired) electrons. The normalized spacial score (nSPS) is 18.2. The van der Waals surface area contributed by atoms with Crippen LogP contribution in [-0.4, -0.2) is 16.9 Å². The van der Waals surface area contributed by atoms with Gasteiger partial charge in [-0.25, -0.2) is 28.4 Å². The van der Waals surface area contributed by atoms with Crippen LogP contribution in [0.4, 0.5) is 18.0 Å². The molecular formula is C11H8F3N3O2S. The molecule has 3 amide bonds. The number of nitrogens with zero attached hydrogens (tertiary/aromatic N) is 1. The maximum atomic E-state index is 13.2. The maximum Gasteiger partial charge on any atom is 0.331 e. The van der Waals surface area contributed by atoms with Crippen LogP contribution in [0.3, 0.4) is 0 Å². The first-order chi connectivity index (χ1) is 9.40. The molecule has 2 rings (SSSR count). The second-order valence-corrected chi connectivity index (χ2v) is 4.76. The molecular weight excluding hydrogens is 295 g/mol. The molecule has 0 aromatic heterocycles. The number of nitrogens with two attached hydrogens (primary N) is 1. The van der Waals surface area contributed by atoms with Gasteiger partial charge in [-0.2, -0.15) is 0 Å². The van der Waals surface area contributed by atoms with Gasteiger partial charge in [-0.1, -0.05) is 0 Å². The van der Waals surface area contributed by atoms with Crippen molar-refractivity contribution in [1.82, 2.24) is 10.4 Å². The van der Waals surface area contributed by atoms with E-state index in [0.29, 0.717) is 0 Å². The lowest BCUT2D eigenvalue weighted by atomic mass is 10.2. The molecule has 1 unspecified atom stereocenters. The van der Waals surface area contributed by atoms with E-state index < -0.39 is 34.8 Å². The Balaban J connectivity index is 2.41. The van der Waals surface area contributed by atoms with Crippen LogP contribution in [0.1, 0.15) is 10.9 Å². The van der Waals surface area contributed by atoms with E-state index in [4.69, 9.17) is 5.73 Å². The maximum absolute atomic E-state index is 13.2. The lowest BCUT2D eigenvalue weighted by Gasteiger charge is -2.31. The van der Waals surface area contributed by atoms with Gasteiger partial charge in [-0.15, -0.1) is 11.8 Å². The molecule has 9 heteroatoms. The Morgan fingerprint density at radius 3 is 2.45 bits per heavy atom. The second kappa shape index (κ2) is 5.45. The molecule has 1 aromatic rings. The molecule has 1 heterocycles. The largest absolute Gasteiger partial charge is 0.350 e. The Hall–Kier alpha value is -2.16. The molecule has 0 bridgehead atoms. The third-order valence-electron chi connectivity index (χ3n) is 2.41. The van der Waals surface area contributed by atoms with E-state index in [1.807, 2.05) is 5.43 Å². The predicted molar refractivity (Wildman–Crippen MR) is 65.4 cm³/mol. The number of urea groups is 1. The fourth-order valence-corrected chi connectivity index (χ4v) is 2.52. The van der Waals surface area contributed by atoms with Crippen molar-refractivity contribution in [3.8, 4) is 0 Å². The summed E-state index contributed by atoms with van der Waals surface area (Å²) in [6, 6.07) is 0.485. The average molecular weight is 303 g/mol. The molecule has 1 aromatic carbocycles. The number of nitrogens with one attached hydrogen (secondary N) is 1. The summed E-state index contributed by atoms with van der Waals surface area (Å²) < 4.78 is 39.4. The lowest BCUT2D eigenvalue weighted by molar-refractivity contribution is -0.129. The number of rotatable bonds is 2. The zero-order valence-corrected chi connectivity index (χ0v) is 10.6. The first-order valence-electron chi connectivity index (χ1n) is 5.26. The van der Waals surface area contributed by atoms with E-state index in [1.165, 1.54) is 5.41 Å². The Bertz CT molecular complexity index is 586. The third kappa shape index (κ3) is 2.72. The Morgan fingerprint density at radius 1 is 1.30 bits per heavy atom. The number of benzene rings is 1. The summed E-state index contributed by atoms with van der Waals surface area (Å²) in [4.78, 5) is 22.5. The molecule has 106 valence electrons. The van der Waals surface area contributed by atoms with Crippen molar-refractivity contribution in [2.45, 2.75) is 5.37 Å². The van der Waals surface area contributed by atoms with Gasteiger partial charge in [0, 0.05) is 6.08 Å². The summed E-state index contributed by atoms with van der Waals surface area (Å²) in [5.41, 5.74) is 6.94. The van der Waals surface area contributed by atoms with Crippen LogP contribution >= 0.6 is 11.8 Å². The van der Waals surface area contributed by atoms with E-state index in [9.17, 15) is 22.8 Å². The molecule has 0 saturated carbocycles. The number of hydrogen-bond donors (Lipinski definition) is 2. The molecule has 0 spiro atoms. The average Bonchev–Trinajstić information content (AvgIpc) is 2.37. The molecule has 1 aliphatic rings. The van der Waals surface area contributed by atoms with E-state index in [1.54, 1.807) is 0 Å². The van der Waals surface area contributed by atoms with E-state index in [2.05, 4.69) is 0 Å². The monoisotopic (exact) mass is 303 g/mol. The van der Waals surface area contributed by atoms with Crippen LogP contribution in [0.5, 0.6) is 0 Å². The van der Waals surface area contributed by atoms with E-state index in [-0.39, 0.29) is 5.56 Å². The molecule has 0 aliphatic carbocycles. The molecule has 3 N–H and O–H groups in total. The van der Waals surface area contributed by atoms with Crippen LogP contribution in [0.25, 0.3) is 0 Å². The van der Waals surface area contributed by atoms with Gasteiger partial charge in [0.25, 0.3) is 5.91 Å². The standard InChI is InChI=1S/C11H8F3N3O2S/c12-6-3-5(4-7(13)9(6)14)10-17(16-11(15)19)8(18)1-2-20-10/h1-4,10H,(H3,15,16,19). The van der Waals surface area contributed by atoms with E-state index >= 15 is 0 Å². The summed E-state index contributed by atoms with van der Waals surface area (Å²) in [7, 11) is 0. The molecule has 5 nitrogen and oxygen atoms in total. The van der Waals surface area contributed by atoms with Crippen molar-refractivity contribution >= 4 is 23.7 Å². The Kier molecular flexibility index (Phi) is 3.89. The first-order valence-corrected chi connectivity index (χ1v) is 6.20. The van der Waals surface area contributed by atoms with Gasteiger partial charge in [0.15, 0.2) is 17.5 Å². The molecule has 0 fully saturated rings. The van der Waals surface area contributed by atoms with Crippen molar-refractivity contribution in [1.29, 1.82) is 0 Å². The van der Waals surface area contributed by atoms with Crippen molar-refractivity contribution < 1.29 is 22.8 Å². The number of hydrazine groups is 1. The molecule has 0 saturated heterocycles. The summed E-state index contributed by atoms with van der Waals surface area (Å²) in [6.45, 7) is 0. The van der Waals surface area contributed by atoms with Gasteiger partial charge in [0.05, 0.1) is 0 Å². The highest BCUT2D eigenvalue weighted by molar-refractivity contribution is 8.02.